The molecule has 0 nitrogen and oxygen atoms in total. The first-order chi connectivity index (χ1) is 12.1. The van der Waals surface area contributed by atoms with Crippen molar-refractivity contribution in [3.8, 4) is 0 Å². The first-order valence-corrected chi connectivity index (χ1v) is 10.2. The van der Waals surface area contributed by atoms with Gasteiger partial charge in [0.1, 0.15) is 0 Å². The predicted molar refractivity (Wildman–Crippen MR) is 96.0 cm³/mol. The maximum atomic E-state index is 13.4. The molecule has 140 valence electrons. The van der Waals surface area contributed by atoms with Crippen LogP contribution in [0.2, 0.25) is 0 Å². The Labute approximate surface area is 150 Å². The molecule has 0 aromatic heterocycles. The molecule has 1 aromatic rings. The monoisotopic (exact) mass is 352 g/mol. The smallest absolute Gasteiger partial charge is 0.194 e. The summed E-state index contributed by atoms with van der Waals surface area (Å²) in [5.41, 5.74) is 0.632. The summed E-state index contributed by atoms with van der Waals surface area (Å²) >= 11 is 0. The van der Waals surface area contributed by atoms with Crippen LogP contribution in [0.3, 0.4) is 0 Å². The number of hydrogen-bond acceptors (Lipinski definition) is 0. The lowest BCUT2D eigenvalue weighted by molar-refractivity contribution is 0.227. The van der Waals surface area contributed by atoms with Crippen LogP contribution in [0.25, 0.3) is 0 Å². The Morgan fingerprint density at radius 3 is 1.64 bits per heavy atom. The molecule has 3 rings (SSSR count). The van der Waals surface area contributed by atoms with Crippen LogP contribution in [0.1, 0.15) is 89.0 Å². The summed E-state index contributed by atoms with van der Waals surface area (Å²) in [4.78, 5) is 0. The molecular formula is C22H31F3. The van der Waals surface area contributed by atoms with E-state index in [0.29, 0.717) is 5.56 Å². The molecule has 0 atom stereocenters. The molecule has 0 spiro atoms. The second-order valence-electron chi connectivity index (χ2n) is 8.39. The van der Waals surface area contributed by atoms with E-state index in [1.54, 1.807) is 0 Å². The van der Waals surface area contributed by atoms with Gasteiger partial charge in [-0.15, -0.1) is 0 Å². The lowest BCUT2D eigenvalue weighted by atomic mass is 9.74. The third-order valence-corrected chi connectivity index (χ3v) is 6.85. The summed E-state index contributed by atoms with van der Waals surface area (Å²) < 4.78 is 40.0. The second-order valence-corrected chi connectivity index (χ2v) is 8.39. The number of halogens is 3. The number of hydrogen-bond donors (Lipinski definition) is 0. The molecular weight excluding hydrogens is 321 g/mol. The van der Waals surface area contributed by atoms with Gasteiger partial charge in [0.05, 0.1) is 0 Å². The molecule has 2 aliphatic carbocycles. The Kier molecular flexibility index (Phi) is 6.46. The van der Waals surface area contributed by atoms with E-state index >= 15 is 0 Å². The summed E-state index contributed by atoms with van der Waals surface area (Å²) in [5.74, 6) is -0.644. The lowest BCUT2D eigenvalue weighted by Gasteiger charge is -2.32. The van der Waals surface area contributed by atoms with Crippen LogP contribution >= 0.6 is 0 Å². The molecule has 0 N–H and O–H groups in total. The van der Waals surface area contributed by atoms with Gasteiger partial charge in [0.25, 0.3) is 0 Å². The fourth-order valence-electron chi connectivity index (χ4n) is 5.00. The quantitative estimate of drug-likeness (QED) is 0.485. The molecule has 2 saturated carbocycles. The normalized spacial score (nSPS) is 30.4. The minimum Gasteiger partial charge on any atom is -0.204 e. The second kappa shape index (κ2) is 8.60. The van der Waals surface area contributed by atoms with Crippen molar-refractivity contribution >= 4 is 0 Å². The van der Waals surface area contributed by atoms with Crippen molar-refractivity contribution in [2.75, 3.05) is 0 Å². The van der Waals surface area contributed by atoms with Crippen molar-refractivity contribution < 1.29 is 13.2 Å². The van der Waals surface area contributed by atoms with Crippen LogP contribution in [0, 0.1) is 35.2 Å². The summed E-state index contributed by atoms with van der Waals surface area (Å²) in [6.45, 7) is 2.31. The van der Waals surface area contributed by atoms with E-state index < -0.39 is 17.5 Å². The van der Waals surface area contributed by atoms with Gasteiger partial charge in [-0.1, -0.05) is 51.9 Å². The summed E-state index contributed by atoms with van der Waals surface area (Å²) in [6, 6.07) is 2.38. The molecule has 2 aliphatic rings. The Morgan fingerprint density at radius 1 is 0.720 bits per heavy atom. The molecule has 0 radical (unpaired) electrons. The Hall–Kier alpha value is -0.990. The zero-order valence-corrected chi connectivity index (χ0v) is 15.4. The molecule has 0 saturated heterocycles. The van der Waals surface area contributed by atoms with Gasteiger partial charge in [-0.2, -0.15) is 0 Å². The summed E-state index contributed by atoms with van der Waals surface area (Å²) in [5, 5.41) is 0. The Morgan fingerprint density at radius 2 is 1.16 bits per heavy atom. The van der Waals surface area contributed by atoms with Crippen molar-refractivity contribution in [2.45, 2.75) is 83.5 Å². The topological polar surface area (TPSA) is 0 Å². The van der Waals surface area contributed by atoms with E-state index in [2.05, 4.69) is 6.92 Å². The van der Waals surface area contributed by atoms with Gasteiger partial charge in [-0.05, 0) is 67.1 Å². The molecule has 1 aromatic carbocycles. The largest absolute Gasteiger partial charge is 0.204 e. The molecule has 2 fully saturated rings. The van der Waals surface area contributed by atoms with Crippen LogP contribution in [-0.2, 0) is 0 Å². The third-order valence-electron chi connectivity index (χ3n) is 6.85. The van der Waals surface area contributed by atoms with E-state index in [-0.39, 0.29) is 5.92 Å². The van der Waals surface area contributed by atoms with E-state index in [1.807, 2.05) is 0 Å². The molecule has 3 heteroatoms. The fraction of sp³-hybridized carbons (Fsp3) is 0.727. The lowest BCUT2D eigenvalue weighted by Crippen LogP contribution is -2.17. The Bertz CT molecular complexity index is 529. The van der Waals surface area contributed by atoms with Crippen LogP contribution in [0.15, 0.2) is 12.1 Å². The van der Waals surface area contributed by atoms with Crippen LogP contribution in [0.4, 0.5) is 13.2 Å². The minimum absolute atomic E-state index is 0.181. The highest BCUT2D eigenvalue weighted by Gasteiger charge is 2.26. The highest BCUT2D eigenvalue weighted by atomic mass is 19.2. The average Bonchev–Trinajstić information content (AvgIpc) is 2.65. The van der Waals surface area contributed by atoms with Gasteiger partial charge in [-0.3, -0.25) is 0 Å². The van der Waals surface area contributed by atoms with E-state index in [0.717, 1.165) is 43.4 Å². The average molecular weight is 352 g/mol. The van der Waals surface area contributed by atoms with Crippen molar-refractivity contribution in [2.24, 2.45) is 17.8 Å². The van der Waals surface area contributed by atoms with Crippen molar-refractivity contribution in [3.05, 3.63) is 35.1 Å². The maximum absolute atomic E-state index is 13.4. The van der Waals surface area contributed by atoms with Crippen molar-refractivity contribution in [1.29, 1.82) is 0 Å². The summed E-state index contributed by atoms with van der Waals surface area (Å²) in [7, 11) is 0. The minimum atomic E-state index is -1.35. The van der Waals surface area contributed by atoms with Gasteiger partial charge in [-0.25, -0.2) is 13.2 Å². The van der Waals surface area contributed by atoms with E-state index in [1.165, 1.54) is 57.1 Å². The molecule has 0 unspecified atom stereocenters. The van der Waals surface area contributed by atoms with Crippen LogP contribution < -0.4 is 0 Å². The SMILES string of the molecule is CC[C@H]1CC[C@H](CC[C@H]2CC[C@H](c3cc(F)c(F)c(F)c3)CC2)CC1. The first-order valence-electron chi connectivity index (χ1n) is 10.2. The first kappa shape index (κ1) is 18.8. The van der Waals surface area contributed by atoms with Gasteiger partial charge in [0, 0.05) is 0 Å². The third kappa shape index (κ3) is 4.80. The zero-order chi connectivity index (χ0) is 17.8. The van der Waals surface area contributed by atoms with Crippen molar-refractivity contribution in [3.63, 3.8) is 0 Å². The van der Waals surface area contributed by atoms with Gasteiger partial charge in [0.2, 0.25) is 0 Å². The summed E-state index contributed by atoms with van der Waals surface area (Å²) in [6.07, 6.45) is 13.8. The van der Waals surface area contributed by atoms with Crippen LogP contribution in [-0.4, -0.2) is 0 Å². The highest BCUT2D eigenvalue weighted by molar-refractivity contribution is 5.23. The van der Waals surface area contributed by atoms with E-state index in [9.17, 15) is 13.2 Å². The molecule has 0 bridgehead atoms. The van der Waals surface area contributed by atoms with Crippen molar-refractivity contribution in [1.82, 2.24) is 0 Å². The van der Waals surface area contributed by atoms with Gasteiger partial charge >= 0.3 is 0 Å². The standard InChI is InChI=1S/C22H31F3/c1-2-15-3-5-16(6-4-15)7-8-17-9-11-18(12-10-17)19-13-20(23)22(25)21(24)14-19/h13-18H,2-12H2,1H3/t15-,16-,17-,18-. The van der Waals surface area contributed by atoms with Gasteiger partial charge < -0.3 is 0 Å². The molecule has 0 aliphatic heterocycles. The molecule has 0 heterocycles. The van der Waals surface area contributed by atoms with Crippen LogP contribution in [0.5, 0.6) is 0 Å². The fourth-order valence-corrected chi connectivity index (χ4v) is 5.00. The zero-order valence-electron chi connectivity index (χ0n) is 15.4. The maximum Gasteiger partial charge on any atom is 0.194 e. The Balaban J connectivity index is 1.43. The predicted octanol–water partition coefficient (Wildman–Crippen LogP) is 7.37. The molecule has 25 heavy (non-hydrogen) atoms. The van der Waals surface area contributed by atoms with Gasteiger partial charge in [0.15, 0.2) is 17.5 Å². The number of rotatable bonds is 5. The van der Waals surface area contributed by atoms with E-state index in [4.69, 9.17) is 0 Å². The molecule has 0 amide bonds. The highest BCUT2D eigenvalue weighted by Crippen LogP contribution is 2.40. The number of benzene rings is 1.